The number of nitrogens with one attached hydrogen (secondary N) is 1. The van der Waals surface area contributed by atoms with E-state index >= 15 is 0 Å². The minimum absolute atomic E-state index is 0.00873. The number of piperidine rings is 1. The summed E-state index contributed by atoms with van der Waals surface area (Å²) in [5.41, 5.74) is 7.84. The van der Waals surface area contributed by atoms with Gasteiger partial charge in [0.25, 0.3) is 11.7 Å². The predicted molar refractivity (Wildman–Crippen MR) is 274 cm³/mol. The number of methoxy groups -OCH3 is 2. The van der Waals surface area contributed by atoms with Gasteiger partial charge in [0, 0.05) is 56.9 Å². The van der Waals surface area contributed by atoms with Crippen molar-refractivity contribution in [1.82, 2.24) is 10.2 Å². The van der Waals surface area contributed by atoms with Crippen molar-refractivity contribution < 1.29 is 67.8 Å². The zero-order valence-electron chi connectivity index (χ0n) is 44.5. The van der Waals surface area contributed by atoms with E-state index in [0.29, 0.717) is 70.0 Å². The largest absolute Gasteiger partial charge is 0.459 e. The number of alkyl carbamates (subject to hydrolysis) is 1. The highest BCUT2D eigenvalue weighted by molar-refractivity contribution is 6.39. The summed E-state index contributed by atoms with van der Waals surface area (Å²) < 4.78 is 29.3. The highest BCUT2D eigenvalue weighted by Crippen LogP contribution is 2.37. The zero-order chi connectivity index (χ0) is 54.0. The fraction of sp³-hybridized carbons (Fsp3) is 0.714. The summed E-state index contributed by atoms with van der Waals surface area (Å²) in [6.45, 7) is 10.7. The molecule has 15 atom stereocenters. The summed E-state index contributed by atoms with van der Waals surface area (Å²) in [6.07, 6.45) is 16.2. The number of rotatable bonds is 10. The number of nitrogens with two attached hydrogens (primary N) is 1. The van der Waals surface area contributed by atoms with Gasteiger partial charge in [-0.15, -0.1) is 12.3 Å². The Morgan fingerprint density at radius 2 is 1.67 bits per heavy atom. The van der Waals surface area contributed by atoms with Crippen LogP contribution in [0.4, 0.5) is 4.79 Å². The second-order valence-corrected chi connectivity index (χ2v) is 21.0. The molecule has 3 aliphatic heterocycles. The van der Waals surface area contributed by atoms with Crippen molar-refractivity contribution in [2.24, 2.45) is 35.3 Å². The van der Waals surface area contributed by atoms with Crippen molar-refractivity contribution in [3.8, 4) is 12.3 Å². The molecule has 6 N–H and O–H groups in total. The van der Waals surface area contributed by atoms with E-state index in [0.717, 1.165) is 24.2 Å². The number of aliphatic hydroxyl groups is 3. The average molecular weight is 1020 g/mol. The van der Waals surface area contributed by atoms with Crippen LogP contribution in [0.15, 0.2) is 47.6 Å². The summed E-state index contributed by atoms with van der Waals surface area (Å²) >= 11 is 0. The summed E-state index contributed by atoms with van der Waals surface area (Å²) in [5.74, 6) is -6.47. The van der Waals surface area contributed by atoms with Gasteiger partial charge in [0.1, 0.15) is 30.1 Å². The molecular weight excluding hydrogens is 939 g/mol. The van der Waals surface area contributed by atoms with Gasteiger partial charge < -0.3 is 55.0 Å². The fourth-order valence-electron chi connectivity index (χ4n) is 10.5. The maximum atomic E-state index is 14.5. The van der Waals surface area contributed by atoms with Crippen LogP contribution in [0.1, 0.15) is 138 Å². The third-order valence-electron chi connectivity index (χ3n) is 15.3. The molecule has 0 aromatic carbocycles. The van der Waals surface area contributed by atoms with Crippen LogP contribution in [0.3, 0.4) is 0 Å². The molecule has 2 saturated heterocycles. The number of hydrogen-bond donors (Lipinski definition) is 5. The van der Waals surface area contributed by atoms with Crippen LogP contribution in [0.2, 0.25) is 0 Å². The van der Waals surface area contributed by atoms with Gasteiger partial charge in [0.05, 0.1) is 31.5 Å². The maximum absolute atomic E-state index is 14.5. The van der Waals surface area contributed by atoms with Gasteiger partial charge >= 0.3 is 12.1 Å². The number of cyclic esters (lactones) is 1. The first-order chi connectivity index (χ1) is 34.6. The molecule has 0 spiro atoms. The number of carbonyl (C=O) groups excluding carboxylic acids is 6. The Bertz CT molecular complexity index is 2050. The molecule has 0 aromatic rings. The van der Waals surface area contributed by atoms with E-state index in [9.17, 15) is 44.1 Å². The number of nitrogens with zero attached hydrogens (tertiary/aromatic N) is 1. The number of esters is 1. The van der Waals surface area contributed by atoms with Gasteiger partial charge in [-0.1, -0.05) is 69.7 Å². The normalized spacial score (nSPS) is 37.0. The van der Waals surface area contributed by atoms with E-state index in [1.165, 1.54) is 20.1 Å². The molecule has 408 valence electrons. The quantitative estimate of drug-likeness (QED) is 0.0574. The first-order valence-corrected chi connectivity index (χ1v) is 26.4. The van der Waals surface area contributed by atoms with E-state index in [2.05, 4.69) is 11.2 Å². The Balaban J connectivity index is 1.68. The Labute approximate surface area is 433 Å². The van der Waals surface area contributed by atoms with Crippen molar-refractivity contribution in [3.63, 3.8) is 0 Å². The van der Waals surface area contributed by atoms with Crippen LogP contribution in [0.5, 0.6) is 0 Å². The standard InChI is InChI=1S/C56H85N3O14/c1-10-11-12-18-27-71-46-25-23-40(31-48(46)69-8)30-42(57)47-33-45(60)36(4)29-38(6)50(62)51(63)49(61)37(5)28-34(2)19-14-13-15-20-35(3)43(58-55(67)70-9)32-41-24-22-39(7)56(68,73-41)52(64)53(65)59-26-17-16-21-44(59)54(66)72-47/h1,13-15,19-20,29,34,36-37,39-44,46-48,50-51,62-63,68H,11-12,16-18,21-28,30-33,57H2,2-9H3,(H,58,67)/b15-13+,19-14+,35-20+,38-29+/t34-,36-,37-,39-,40+,41+,42-,43?,44+,46-,47+,48-,50-,51+,56-/m1/s1. The molecule has 3 heterocycles. The van der Waals surface area contributed by atoms with Crippen molar-refractivity contribution in [1.29, 1.82) is 0 Å². The second-order valence-electron chi connectivity index (χ2n) is 21.0. The van der Waals surface area contributed by atoms with E-state index in [-0.39, 0.29) is 55.4 Å². The van der Waals surface area contributed by atoms with Gasteiger partial charge in [0.2, 0.25) is 5.79 Å². The predicted octanol–water partition coefficient (Wildman–Crippen LogP) is 5.76. The lowest BCUT2D eigenvalue weighted by atomic mass is 9.80. The number of ether oxygens (including phenoxy) is 5. The van der Waals surface area contributed by atoms with Crippen molar-refractivity contribution in [2.45, 2.75) is 198 Å². The van der Waals surface area contributed by atoms with Gasteiger partial charge in [-0.3, -0.25) is 19.2 Å². The lowest BCUT2D eigenvalue weighted by Gasteiger charge is -2.43. The number of fused-ring (bicyclic) bond motifs is 3. The lowest BCUT2D eigenvalue weighted by molar-refractivity contribution is -0.264. The van der Waals surface area contributed by atoms with Crippen molar-refractivity contribution in [3.05, 3.63) is 47.6 Å². The minimum atomic E-state index is -2.56. The number of Topliss-reactive ketones (excluding diaryl/α,β-unsaturated/α-hetero) is 3. The van der Waals surface area contributed by atoms with Gasteiger partial charge in [-0.25, -0.2) is 9.59 Å². The molecule has 2 amide bonds. The van der Waals surface area contributed by atoms with Gasteiger partial charge in [0.15, 0.2) is 5.78 Å². The van der Waals surface area contributed by atoms with Crippen LogP contribution in [0.25, 0.3) is 0 Å². The Kier molecular flexibility index (Phi) is 24.7. The third-order valence-corrected chi connectivity index (χ3v) is 15.3. The van der Waals surface area contributed by atoms with Crippen molar-refractivity contribution >= 4 is 35.3 Å². The molecule has 0 radical (unpaired) electrons. The Morgan fingerprint density at radius 1 is 0.932 bits per heavy atom. The molecule has 1 unspecified atom stereocenters. The monoisotopic (exact) mass is 1020 g/mol. The summed E-state index contributed by atoms with van der Waals surface area (Å²) in [6, 6.07) is -2.78. The Hall–Kier alpha value is -4.54. The van der Waals surface area contributed by atoms with Gasteiger partial charge in [-0.2, -0.15) is 0 Å². The number of hydrogen-bond acceptors (Lipinski definition) is 15. The number of terminal acetylenes is 1. The van der Waals surface area contributed by atoms with Crippen LogP contribution in [0, 0.1) is 41.9 Å². The van der Waals surface area contributed by atoms with E-state index in [4.69, 9.17) is 35.8 Å². The molecule has 1 saturated carbocycles. The highest BCUT2D eigenvalue weighted by atomic mass is 16.6. The molecule has 2 bridgehead atoms. The van der Waals surface area contributed by atoms with Gasteiger partial charge in [-0.05, 0) is 115 Å². The van der Waals surface area contributed by atoms with Crippen LogP contribution in [-0.2, 0) is 47.7 Å². The van der Waals surface area contributed by atoms with E-state index in [1.54, 1.807) is 53.0 Å². The molecule has 4 rings (SSSR count). The number of unbranched alkanes of at least 4 members (excludes halogenated alkanes) is 2. The third kappa shape index (κ3) is 17.5. The molecule has 17 heteroatoms. The summed E-state index contributed by atoms with van der Waals surface area (Å²) in [5, 5.41) is 37.1. The first kappa shape index (κ1) is 61.0. The molecule has 17 nitrogen and oxygen atoms in total. The molecule has 1 aliphatic carbocycles. The molecule has 4 aliphatic rings. The lowest BCUT2D eigenvalue weighted by Crippen LogP contribution is -2.61. The average Bonchev–Trinajstić information content (AvgIpc) is 3.37. The number of ketones is 3. The number of carbonyl (C=O) groups is 6. The number of allylic oxidation sites excluding steroid dienone is 6. The highest BCUT2D eigenvalue weighted by Gasteiger charge is 2.53. The van der Waals surface area contributed by atoms with E-state index in [1.807, 2.05) is 19.1 Å². The topological polar surface area (TPSA) is 251 Å². The maximum Gasteiger partial charge on any atom is 0.407 e. The molecule has 3 fully saturated rings. The molecular formula is C56H85N3O14. The minimum Gasteiger partial charge on any atom is -0.459 e. The van der Waals surface area contributed by atoms with Crippen molar-refractivity contribution in [2.75, 3.05) is 27.4 Å². The van der Waals surface area contributed by atoms with E-state index < -0.39 is 101 Å². The first-order valence-electron chi connectivity index (χ1n) is 26.4. The Morgan fingerprint density at radius 3 is 2.37 bits per heavy atom. The zero-order valence-corrected chi connectivity index (χ0v) is 44.5. The smallest absolute Gasteiger partial charge is 0.407 e. The fourth-order valence-corrected chi connectivity index (χ4v) is 10.5. The van der Waals surface area contributed by atoms with Crippen LogP contribution < -0.4 is 11.1 Å². The van der Waals surface area contributed by atoms with Crippen LogP contribution >= 0.6 is 0 Å². The molecule has 73 heavy (non-hydrogen) atoms. The number of aliphatic hydroxyl groups excluding tert-OH is 2. The summed E-state index contributed by atoms with van der Waals surface area (Å²) in [7, 11) is 2.86. The SMILES string of the molecule is C#CCCCCO[C@@H]1CC[C@@H](C[C@@H](N)[C@@H]2CC(=O)[C@H](C)/C=C(\C)[C@@H](O)[C@@H](O)C(=O)[C@H](C)C[C@H](C)/C=C/C=C/C=C(\C)C(NC(=O)OC)C[C@@H]3CC[C@@H](C)[C@@](O)(O3)C(=O)C(=O)N3CCCC[C@H]3C(=O)O2)C[C@H]1OC. The molecule has 0 aromatic heterocycles. The second kappa shape index (κ2) is 29.5. The van der Waals surface area contributed by atoms with Crippen LogP contribution in [-0.4, -0.2) is 143 Å². The number of amides is 2. The summed E-state index contributed by atoms with van der Waals surface area (Å²) in [4.78, 5) is 84.4.